The van der Waals surface area contributed by atoms with E-state index in [-0.39, 0.29) is 18.4 Å². The fourth-order valence-corrected chi connectivity index (χ4v) is 6.78. The second-order valence-corrected chi connectivity index (χ2v) is 12.6. The van der Waals surface area contributed by atoms with Crippen LogP contribution >= 0.6 is 11.6 Å². The summed E-state index contributed by atoms with van der Waals surface area (Å²) in [4.78, 5) is 27.9. The van der Waals surface area contributed by atoms with Gasteiger partial charge in [0.05, 0.1) is 0 Å². The van der Waals surface area contributed by atoms with Gasteiger partial charge < -0.3 is 14.8 Å². The van der Waals surface area contributed by atoms with E-state index >= 15 is 0 Å². The Morgan fingerprint density at radius 1 is 0.766 bits per heavy atom. The number of hydrogen-bond donors (Lipinski definition) is 1. The lowest BCUT2D eigenvalue weighted by atomic mass is 9.79. The molecule has 1 unspecified atom stereocenters. The monoisotopic (exact) mass is 643 g/mol. The zero-order valence-electron chi connectivity index (χ0n) is 26.8. The summed E-state index contributed by atoms with van der Waals surface area (Å²) in [7, 11) is 0. The topological polar surface area (TPSA) is 64.6 Å². The van der Waals surface area contributed by atoms with Crippen LogP contribution in [0.3, 0.4) is 0 Å². The van der Waals surface area contributed by atoms with Gasteiger partial charge in [-0.25, -0.2) is 9.59 Å². The van der Waals surface area contributed by atoms with Gasteiger partial charge in [-0.1, -0.05) is 159 Å². The summed E-state index contributed by atoms with van der Waals surface area (Å²) in [6.07, 6.45) is -0.0502. The number of benzene rings is 5. The molecule has 0 radical (unpaired) electrons. The number of amides is 1. The average molecular weight is 644 g/mol. The van der Waals surface area contributed by atoms with E-state index in [1.54, 1.807) is 6.07 Å². The largest absolute Gasteiger partial charge is 0.449 e. The zero-order valence-corrected chi connectivity index (χ0v) is 27.5. The minimum atomic E-state index is -1.39. The highest BCUT2D eigenvalue weighted by Gasteiger charge is 2.44. The molecule has 0 bridgehead atoms. The lowest BCUT2D eigenvalue weighted by Gasteiger charge is -2.37. The number of carbonyl (C=O) groups is 2. The third kappa shape index (κ3) is 6.28. The van der Waals surface area contributed by atoms with Gasteiger partial charge in [0, 0.05) is 27.6 Å². The van der Waals surface area contributed by atoms with Crippen molar-refractivity contribution in [2.45, 2.75) is 44.8 Å². The summed E-state index contributed by atoms with van der Waals surface area (Å²) in [5.41, 5.74) is 6.28. The van der Waals surface area contributed by atoms with Crippen molar-refractivity contribution in [3.63, 3.8) is 0 Å². The first-order valence-electron chi connectivity index (χ1n) is 16.1. The minimum absolute atomic E-state index is 0.102. The number of carbonyl (C=O) groups excluding carboxylic acids is 2. The number of esters is 1. The Morgan fingerprint density at radius 3 is 1.94 bits per heavy atom. The Bertz CT molecular complexity index is 1830. The molecule has 1 aliphatic carbocycles. The maximum atomic E-state index is 14.4. The second kappa shape index (κ2) is 13.9. The maximum absolute atomic E-state index is 14.4. The van der Waals surface area contributed by atoms with Gasteiger partial charge in [0.25, 0.3) is 0 Å². The molecular weight excluding hydrogens is 606 g/mol. The molecule has 0 saturated carbocycles. The van der Waals surface area contributed by atoms with Gasteiger partial charge in [-0.05, 0) is 41.2 Å². The third-order valence-corrected chi connectivity index (χ3v) is 9.56. The molecule has 0 aromatic heterocycles. The summed E-state index contributed by atoms with van der Waals surface area (Å²) in [5.74, 6) is -0.937. The van der Waals surface area contributed by atoms with Crippen LogP contribution in [0, 0.1) is 12.8 Å². The van der Waals surface area contributed by atoms with Crippen LogP contribution in [0.25, 0.3) is 11.1 Å². The number of alkyl carbamates (subject to hydrolysis) is 1. The van der Waals surface area contributed by atoms with E-state index in [1.807, 2.05) is 118 Å². The van der Waals surface area contributed by atoms with E-state index in [4.69, 9.17) is 21.1 Å². The smallest absolute Gasteiger partial charge is 0.407 e. The van der Waals surface area contributed by atoms with Gasteiger partial charge in [-0.2, -0.15) is 0 Å². The van der Waals surface area contributed by atoms with Crippen molar-refractivity contribution in [3.05, 3.63) is 166 Å². The van der Waals surface area contributed by atoms with Crippen molar-refractivity contribution in [2.24, 2.45) is 5.92 Å². The molecule has 5 aromatic carbocycles. The van der Waals surface area contributed by atoms with E-state index in [0.717, 1.165) is 38.9 Å². The summed E-state index contributed by atoms with van der Waals surface area (Å²) >= 11 is 6.87. The first kappa shape index (κ1) is 32.1. The van der Waals surface area contributed by atoms with Gasteiger partial charge in [0.1, 0.15) is 12.6 Å². The molecule has 5 nitrogen and oxygen atoms in total. The molecule has 6 heteroatoms. The standard InChI is InChI=1S/C41H38ClNO4/c1-4-28(3)38(43-40(45)46-26-35-33-18-10-8-16-31(33)32-17-9-11-19-34(32)35)39(44)47-41(29-14-6-5-7-15-29,30-24-22-27(2)23-25-30)36-20-12-13-21-37(36)42/h5-25,28,35,38H,4,26H2,1-3H3,(H,43,45)/t28-,38-,41?/m0/s1. The highest BCUT2D eigenvalue weighted by Crippen LogP contribution is 2.45. The Labute approximate surface area is 281 Å². The van der Waals surface area contributed by atoms with Crippen LogP contribution in [0.2, 0.25) is 5.02 Å². The van der Waals surface area contributed by atoms with Gasteiger partial charge in [-0.3, -0.25) is 0 Å². The fourth-order valence-electron chi connectivity index (χ4n) is 6.51. The van der Waals surface area contributed by atoms with Crippen LogP contribution < -0.4 is 5.32 Å². The molecule has 0 spiro atoms. The number of aryl methyl sites for hydroxylation is 1. The van der Waals surface area contributed by atoms with Crippen molar-refractivity contribution in [1.29, 1.82) is 0 Å². The molecule has 1 amide bonds. The summed E-state index contributed by atoms with van der Waals surface area (Å²) in [6, 6.07) is 40.2. The zero-order chi connectivity index (χ0) is 33.0. The first-order valence-corrected chi connectivity index (χ1v) is 16.4. The molecule has 3 atom stereocenters. The number of fused-ring (bicyclic) bond motifs is 3. The average Bonchev–Trinajstić information content (AvgIpc) is 3.43. The van der Waals surface area contributed by atoms with Gasteiger partial charge in [0.2, 0.25) is 0 Å². The number of rotatable bonds is 10. The number of nitrogens with one attached hydrogen (secondary N) is 1. The first-order chi connectivity index (χ1) is 22.8. The molecule has 47 heavy (non-hydrogen) atoms. The van der Waals surface area contributed by atoms with Crippen LogP contribution in [0.5, 0.6) is 0 Å². The van der Waals surface area contributed by atoms with Crippen LogP contribution in [0.4, 0.5) is 4.79 Å². The predicted octanol–water partition coefficient (Wildman–Crippen LogP) is 9.44. The highest BCUT2D eigenvalue weighted by molar-refractivity contribution is 6.31. The number of halogens is 1. The van der Waals surface area contributed by atoms with E-state index in [0.29, 0.717) is 17.0 Å². The lowest BCUT2D eigenvalue weighted by molar-refractivity contribution is -0.157. The molecule has 0 heterocycles. The lowest BCUT2D eigenvalue weighted by Crippen LogP contribution is -2.49. The summed E-state index contributed by atoms with van der Waals surface area (Å²) < 4.78 is 12.5. The molecule has 6 rings (SSSR count). The second-order valence-electron chi connectivity index (χ2n) is 12.1. The molecule has 1 aliphatic rings. The highest BCUT2D eigenvalue weighted by atomic mass is 35.5. The Kier molecular flexibility index (Phi) is 9.46. The minimum Gasteiger partial charge on any atom is -0.449 e. The molecule has 0 aliphatic heterocycles. The maximum Gasteiger partial charge on any atom is 0.407 e. The van der Waals surface area contributed by atoms with Crippen molar-refractivity contribution in [3.8, 4) is 11.1 Å². The van der Waals surface area contributed by atoms with Crippen LogP contribution in [-0.2, 0) is 19.9 Å². The van der Waals surface area contributed by atoms with E-state index < -0.39 is 23.7 Å². The Balaban J connectivity index is 1.31. The third-order valence-electron chi connectivity index (χ3n) is 9.23. The number of ether oxygens (including phenoxy) is 2. The molecular formula is C41H38ClNO4. The van der Waals surface area contributed by atoms with Gasteiger partial charge in [0.15, 0.2) is 5.60 Å². The predicted molar refractivity (Wildman–Crippen MR) is 186 cm³/mol. The molecule has 0 saturated heterocycles. The summed E-state index contributed by atoms with van der Waals surface area (Å²) in [6.45, 7) is 6.04. The quantitative estimate of drug-likeness (QED) is 0.122. The SMILES string of the molecule is CC[C@H](C)[C@H](NC(=O)OCC1c2ccccc2-c2ccccc21)C(=O)OC(c1ccccc1)(c1ccc(C)cc1)c1ccccc1Cl. The van der Waals surface area contributed by atoms with Crippen molar-refractivity contribution in [1.82, 2.24) is 5.32 Å². The van der Waals surface area contributed by atoms with E-state index in [2.05, 4.69) is 29.6 Å². The van der Waals surface area contributed by atoms with E-state index in [9.17, 15) is 9.59 Å². The Morgan fingerprint density at radius 2 is 1.32 bits per heavy atom. The number of hydrogen-bond acceptors (Lipinski definition) is 4. The molecule has 238 valence electrons. The normalized spacial score (nSPS) is 14.6. The fraction of sp³-hybridized carbons (Fsp3) is 0.220. The summed E-state index contributed by atoms with van der Waals surface area (Å²) in [5, 5.41) is 3.32. The van der Waals surface area contributed by atoms with Crippen molar-refractivity contribution >= 4 is 23.7 Å². The Hall–Kier alpha value is -4.87. The molecule has 0 fully saturated rings. The molecule has 1 N–H and O–H groups in total. The van der Waals surface area contributed by atoms with E-state index in [1.165, 1.54) is 0 Å². The van der Waals surface area contributed by atoms with Crippen LogP contribution in [-0.4, -0.2) is 24.7 Å². The van der Waals surface area contributed by atoms with Gasteiger partial charge >= 0.3 is 12.1 Å². The van der Waals surface area contributed by atoms with Crippen molar-refractivity contribution in [2.75, 3.05) is 6.61 Å². The van der Waals surface area contributed by atoms with Gasteiger partial charge in [-0.15, -0.1) is 0 Å². The van der Waals surface area contributed by atoms with Crippen molar-refractivity contribution < 1.29 is 19.1 Å². The van der Waals surface area contributed by atoms with Crippen LogP contribution in [0.1, 0.15) is 59.6 Å². The van der Waals surface area contributed by atoms with Crippen LogP contribution in [0.15, 0.2) is 127 Å². The molecule has 5 aromatic rings.